The van der Waals surface area contributed by atoms with Crippen molar-refractivity contribution in [3.63, 3.8) is 0 Å². The van der Waals surface area contributed by atoms with Crippen LogP contribution in [-0.2, 0) is 12.8 Å². The molecule has 2 aliphatic rings. The minimum absolute atomic E-state index is 0.0449. The minimum atomic E-state index is -0.369. The fourth-order valence-corrected chi connectivity index (χ4v) is 5.22. The van der Waals surface area contributed by atoms with Crippen LogP contribution in [0.15, 0.2) is 24.4 Å². The molecule has 5 heteroatoms. The summed E-state index contributed by atoms with van der Waals surface area (Å²) in [5.41, 5.74) is 11.3. The molecule has 1 aromatic heterocycles. The molecule has 0 radical (unpaired) electrons. The third kappa shape index (κ3) is 3.95. The Morgan fingerprint density at radius 1 is 1.20 bits per heavy atom. The lowest BCUT2D eigenvalue weighted by atomic mass is 9.75. The lowest BCUT2D eigenvalue weighted by molar-refractivity contribution is 0.0909. The van der Waals surface area contributed by atoms with Gasteiger partial charge in [-0.2, -0.15) is 0 Å². The number of hydrogen-bond acceptors (Lipinski definition) is 3. The summed E-state index contributed by atoms with van der Waals surface area (Å²) in [7, 11) is 2.16. The van der Waals surface area contributed by atoms with Gasteiger partial charge in [-0.05, 0) is 93.4 Å². The molecule has 5 nitrogen and oxygen atoms in total. The molecule has 0 bridgehead atoms. The van der Waals surface area contributed by atoms with Crippen molar-refractivity contribution >= 4 is 11.7 Å². The van der Waals surface area contributed by atoms with Crippen LogP contribution in [0.4, 0.5) is 0 Å². The van der Waals surface area contributed by atoms with Crippen molar-refractivity contribution in [2.24, 2.45) is 17.1 Å². The molecule has 1 aromatic carbocycles. The predicted molar refractivity (Wildman–Crippen MR) is 119 cm³/mol. The Balaban J connectivity index is 1.73. The first-order valence-corrected chi connectivity index (χ1v) is 11.0. The average molecular weight is 408 g/mol. The van der Waals surface area contributed by atoms with Gasteiger partial charge in [0.05, 0.1) is 0 Å². The SMILES string of the molecule is Cc1cn(-c2ccc(C(N)=O)c(CC3CCN(C)CC3)c2)c2c1C(=O)CC(C)(C)C2. The van der Waals surface area contributed by atoms with E-state index in [2.05, 4.69) is 42.6 Å². The monoisotopic (exact) mass is 407 g/mol. The summed E-state index contributed by atoms with van der Waals surface area (Å²) in [6.07, 6.45) is 6.67. The molecule has 2 aromatic rings. The van der Waals surface area contributed by atoms with Crippen LogP contribution < -0.4 is 5.73 Å². The molecule has 2 heterocycles. The number of ketones is 1. The Morgan fingerprint density at radius 2 is 1.90 bits per heavy atom. The maximum Gasteiger partial charge on any atom is 0.248 e. The van der Waals surface area contributed by atoms with Crippen LogP contribution in [0, 0.1) is 18.3 Å². The van der Waals surface area contributed by atoms with Crippen molar-refractivity contribution in [3.8, 4) is 5.69 Å². The number of nitrogens with two attached hydrogens (primary N) is 1. The molecule has 0 unspecified atom stereocenters. The third-order valence-corrected chi connectivity index (χ3v) is 6.84. The van der Waals surface area contributed by atoms with E-state index in [0.717, 1.165) is 66.8 Å². The number of amides is 1. The molecule has 1 amide bonds. The number of piperidine rings is 1. The van der Waals surface area contributed by atoms with Crippen molar-refractivity contribution in [2.45, 2.75) is 52.9 Å². The van der Waals surface area contributed by atoms with Crippen LogP contribution in [0.1, 0.15) is 70.6 Å². The molecule has 0 spiro atoms. The molecule has 0 saturated carbocycles. The number of rotatable bonds is 4. The van der Waals surface area contributed by atoms with Crippen molar-refractivity contribution in [2.75, 3.05) is 20.1 Å². The molecule has 160 valence electrons. The summed E-state index contributed by atoms with van der Waals surface area (Å²) in [6, 6.07) is 5.94. The molecule has 1 aliphatic heterocycles. The van der Waals surface area contributed by atoms with Crippen LogP contribution in [0.5, 0.6) is 0 Å². The van der Waals surface area contributed by atoms with Crippen molar-refractivity contribution in [1.82, 2.24) is 9.47 Å². The largest absolute Gasteiger partial charge is 0.366 e. The molecule has 4 rings (SSSR count). The zero-order valence-electron chi connectivity index (χ0n) is 18.6. The standard InChI is InChI=1S/C25H33N3O2/c1-16-15-28(21-13-25(2,3)14-22(29)23(16)21)19-5-6-20(24(26)30)18(12-19)11-17-7-9-27(4)10-8-17/h5-6,12,15,17H,7-11,13-14H2,1-4H3,(H2,26,30). The Hall–Kier alpha value is -2.40. The number of fused-ring (bicyclic) bond motifs is 1. The van der Waals surface area contributed by atoms with E-state index in [1.807, 2.05) is 19.1 Å². The van der Waals surface area contributed by atoms with Gasteiger partial charge in [-0.25, -0.2) is 0 Å². The number of hydrogen-bond donors (Lipinski definition) is 1. The summed E-state index contributed by atoms with van der Waals surface area (Å²) < 4.78 is 2.16. The zero-order valence-corrected chi connectivity index (χ0v) is 18.6. The van der Waals surface area contributed by atoms with Gasteiger partial charge in [0.2, 0.25) is 5.91 Å². The van der Waals surface area contributed by atoms with Gasteiger partial charge >= 0.3 is 0 Å². The predicted octanol–water partition coefficient (Wildman–Crippen LogP) is 3.92. The number of aromatic nitrogens is 1. The maximum absolute atomic E-state index is 12.8. The van der Waals surface area contributed by atoms with Gasteiger partial charge in [-0.3, -0.25) is 9.59 Å². The highest BCUT2D eigenvalue weighted by molar-refractivity contribution is 6.00. The van der Waals surface area contributed by atoms with Crippen LogP contribution in [0.3, 0.4) is 0 Å². The quantitative estimate of drug-likeness (QED) is 0.835. The summed E-state index contributed by atoms with van der Waals surface area (Å²) in [5.74, 6) is 0.430. The number of benzene rings is 1. The van der Waals surface area contributed by atoms with Gasteiger partial charge in [0.15, 0.2) is 5.78 Å². The van der Waals surface area contributed by atoms with E-state index < -0.39 is 0 Å². The molecule has 2 N–H and O–H groups in total. The number of nitrogens with zero attached hydrogens (tertiary/aromatic N) is 2. The second kappa shape index (κ2) is 7.69. The van der Waals surface area contributed by atoms with E-state index in [9.17, 15) is 9.59 Å². The number of carbonyl (C=O) groups is 2. The first-order valence-electron chi connectivity index (χ1n) is 11.0. The highest BCUT2D eigenvalue weighted by atomic mass is 16.1. The van der Waals surface area contributed by atoms with Gasteiger partial charge in [0.25, 0.3) is 0 Å². The third-order valence-electron chi connectivity index (χ3n) is 6.84. The summed E-state index contributed by atoms with van der Waals surface area (Å²) in [5, 5.41) is 0. The number of likely N-dealkylation sites (tertiary alicyclic amines) is 1. The van der Waals surface area contributed by atoms with E-state index >= 15 is 0 Å². The smallest absolute Gasteiger partial charge is 0.248 e. The molecule has 0 atom stereocenters. The van der Waals surface area contributed by atoms with Gasteiger partial charge in [0.1, 0.15) is 0 Å². The fourth-order valence-electron chi connectivity index (χ4n) is 5.22. The average Bonchev–Trinajstić information content (AvgIpc) is 2.98. The lowest BCUT2D eigenvalue weighted by Gasteiger charge is -2.30. The molecule has 1 fully saturated rings. The van der Waals surface area contributed by atoms with Crippen molar-refractivity contribution in [3.05, 3.63) is 52.3 Å². The summed E-state index contributed by atoms with van der Waals surface area (Å²) in [4.78, 5) is 27.2. The van der Waals surface area contributed by atoms with Crippen LogP contribution in [0.2, 0.25) is 0 Å². The molecular formula is C25H33N3O2. The van der Waals surface area contributed by atoms with Crippen molar-refractivity contribution in [1.29, 1.82) is 0 Å². The normalized spacial score (nSPS) is 19.7. The van der Waals surface area contributed by atoms with Crippen LogP contribution in [-0.4, -0.2) is 41.3 Å². The van der Waals surface area contributed by atoms with Gasteiger partial charge in [-0.15, -0.1) is 0 Å². The van der Waals surface area contributed by atoms with E-state index in [4.69, 9.17) is 5.73 Å². The van der Waals surface area contributed by atoms with Crippen LogP contribution >= 0.6 is 0 Å². The first-order chi connectivity index (χ1) is 14.1. The number of aryl methyl sites for hydroxylation is 1. The second-order valence-corrected chi connectivity index (χ2v) is 10.1. The van der Waals surface area contributed by atoms with Gasteiger partial charge in [0, 0.05) is 35.1 Å². The van der Waals surface area contributed by atoms with E-state index in [1.165, 1.54) is 0 Å². The molecule has 30 heavy (non-hydrogen) atoms. The zero-order chi connectivity index (χ0) is 21.6. The Morgan fingerprint density at radius 3 is 2.57 bits per heavy atom. The Kier molecular flexibility index (Phi) is 5.35. The fraction of sp³-hybridized carbons (Fsp3) is 0.520. The summed E-state index contributed by atoms with van der Waals surface area (Å²) in [6.45, 7) is 8.52. The Bertz CT molecular complexity index is 994. The van der Waals surface area contributed by atoms with E-state index in [-0.39, 0.29) is 17.1 Å². The number of carbonyl (C=O) groups excluding carboxylic acids is 2. The Labute approximate surface area is 179 Å². The topological polar surface area (TPSA) is 68.3 Å². The number of primary amides is 1. The summed E-state index contributed by atoms with van der Waals surface area (Å²) >= 11 is 0. The highest BCUT2D eigenvalue weighted by Crippen LogP contribution is 2.38. The second-order valence-electron chi connectivity index (χ2n) is 10.1. The van der Waals surface area contributed by atoms with Gasteiger partial charge in [-0.1, -0.05) is 13.8 Å². The molecule has 1 aliphatic carbocycles. The lowest BCUT2D eigenvalue weighted by Crippen LogP contribution is -2.31. The number of Topliss-reactive ketones (excluding diaryl/α,β-unsaturated/α-hetero) is 1. The first kappa shape index (κ1) is 20.9. The van der Waals surface area contributed by atoms with Crippen molar-refractivity contribution < 1.29 is 9.59 Å². The van der Waals surface area contributed by atoms with Gasteiger partial charge < -0.3 is 15.2 Å². The van der Waals surface area contributed by atoms with Crippen LogP contribution in [0.25, 0.3) is 5.69 Å². The molecule has 1 saturated heterocycles. The van der Waals surface area contributed by atoms with E-state index in [1.54, 1.807) is 0 Å². The van der Waals surface area contributed by atoms with E-state index in [0.29, 0.717) is 17.9 Å². The minimum Gasteiger partial charge on any atom is -0.366 e. The maximum atomic E-state index is 12.8. The highest BCUT2D eigenvalue weighted by Gasteiger charge is 2.34. The molecular weight excluding hydrogens is 374 g/mol.